The first-order valence-corrected chi connectivity index (χ1v) is 3.83. The van der Waals surface area contributed by atoms with Gasteiger partial charge in [0, 0.05) is 10.8 Å². The van der Waals surface area contributed by atoms with Crippen LogP contribution in [-0.2, 0) is 0 Å². The lowest BCUT2D eigenvalue weighted by atomic mass is 9.98. The average molecular weight is 151 g/mol. The molecule has 0 saturated carbocycles. The molecule has 0 amide bonds. The van der Waals surface area contributed by atoms with Crippen LogP contribution in [0.25, 0.3) is 0 Å². The predicted molar refractivity (Wildman–Crippen MR) is 45.8 cm³/mol. The summed E-state index contributed by atoms with van der Waals surface area (Å²) in [4.78, 5) is 1.06. The molecule has 1 N–H and O–H groups in total. The third kappa shape index (κ3) is 0.886. The van der Waals surface area contributed by atoms with Gasteiger partial charge in [0.05, 0.1) is 6.04 Å². The van der Waals surface area contributed by atoms with Crippen molar-refractivity contribution in [1.29, 1.82) is 0 Å². The number of rotatable bonds is 0. The van der Waals surface area contributed by atoms with Crippen LogP contribution in [0.15, 0.2) is 35.4 Å². The highest BCUT2D eigenvalue weighted by atomic mass is 32.1. The second kappa shape index (κ2) is 2.20. The minimum Gasteiger partial charge on any atom is -0.384 e. The van der Waals surface area contributed by atoms with E-state index in [1.165, 1.54) is 0 Å². The number of thiol groups is 1. The quantitative estimate of drug-likeness (QED) is 0.500. The Kier molecular flexibility index (Phi) is 1.34. The lowest BCUT2D eigenvalue weighted by Gasteiger charge is -2.16. The van der Waals surface area contributed by atoms with Crippen LogP contribution < -0.4 is 5.32 Å². The lowest BCUT2D eigenvalue weighted by Crippen LogP contribution is -2.24. The highest BCUT2D eigenvalue weighted by Gasteiger charge is 2.19. The summed E-state index contributed by atoms with van der Waals surface area (Å²) < 4.78 is 0. The summed E-state index contributed by atoms with van der Waals surface area (Å²) in [5, 5.41) is 3.23. The van der Waals surface area contributed by atoms with Crippen LogP contribution in [-0.4, -0.2) is 6.04 Å². The van der Waals surface area contributed by atoms with Crippen LogP contribution in [0, 0.1) is 5.92 Å². The van der Waals surface area contributed by atoms with E-state index in [9.17, 15) is 0 Å². The second-order valence-electron chi connectivity index (χ2n) is 2.58. The number of hydrogen-bond donors (Lipinski definition) is 2. The summed E-state index contributed by atoms with van der Waals surface area (Å²) >= 11 is 4.26. The molecule has 0 aromatic heterocycles. The van der Waals surface area contributed by atoms with E-state index in [1.807, 2.05) is 12.3 Å². The van der Waals surface area contributed by atoms with Crippen molar-refractivity contribution in [3.63, 3.8) is 0 Å². The fourth-order valence-electron chi connectivity index (χ4n) is 1.31. The topological polar surface area (TPSA) is 12.0 Å². The van der Waals surface area contributed by atoms with Gasteiger partial charge in [0.2, 0.25) is 0 Å². The molecule has 2 heteroatoms. The lowest BCUT2D eigenvalue weighted by molar-refractivity contribution is 0.648. The molecule has 0 saturated heterocycles. The average Bonchev–Trinajstić information content (AvgIpc) is 2.33. The number of nitrogens with one attached hydrogen (secondary N) is 1. The maximum atomic E-state index is 4.26. The van der Waals surface area contributed by atoms with E-state index >= 15 is 0 Å². The van der Waals surface area contributed by atoms with Crippen molar-refractivity contribution in [3.8, 4) is 0 Å². The van der Waals surface area contributed by atoms with Gasteiger partial charge in [0.1, 0.15) is 0 Å². The summed E-state index contributed by atoms with van der Waals surface area (Å²) in [5.74, 6) is 0.525. The van der Waals surface area contributed by atoms with Crippen LogP contribution in [0.4, 0.5) is 0 Å². The van der Waals surface area contributed by atoms with Gasteiger partial charge in [-0.1, -0.05) is 24.3 Å². The number of hydrogen-bond acceptors (Lipinski definition) is 2. The van der Waals surface area contributed by atoms with Gasteiger partial charge in [-0.2, -0.15) is 0 Å². The van der Waals surface area contributed by atoms with E-state index in [-0.39, 0.29) is 0 Å². The van der Waals surface area contributed by atoms with Gasteiger partial charge in [-0.15, -0.1) is 12.6 Å². The molecule has 0 aromatic carbocycles. The molecule has 10 heavy (non-hydrogen) atoms. The van der Waals surface area contributed by atoms with Crippen molar-refractivity contribution in [2.75, 3.05) is 0 Å². The molecule has 2 rings (SSSR count). The highest BCUT2D eigenvalue weighted by Crippen LogP contribution is 2.23. The van der Waals surface area contributed by atoms with E-state index in [1.54, 1.807) is 0 Å². The molecule has 2 unspecified atom stereocenters. The Labute approximate surface area is 65.9 Å². The molecule has 0 bridgehead atoms. The van der Waals surface area contributed by atoms with Crippen molar-refractivity contribution in [2.45, 2.75) is 6.04 Å². The Hall–Kier alpha value is -0.630. The van der Waals surface area contributed by atoms with E-state index < -0.39 is 0 Å². The monoisotopic (exact) mass is 151 g/mol. The Balaban J connectivity index is 2.26. The summed E-state index contributed by atoms with van der Waals surface area (Å²) in [7, 11) is 0. The zero-order valence-corrected chi connectivity index (χ0v) is 6.38. The second-order valence-corrected chi connectivity index (χ2v) is 3.10. The molecule has 1 nitrogen and oxygen atoms in total. The Bertz CT molecular complexity index is 227. The van der Waals surface area contributed by atoms with Crippen LogP contribution in [0.3, 0.4) is 0 Å². The van der Waals surface area contributed by atoms with Crippen LogP contribution in [0.1, 0.15) is 0 Å². The Morgan fingerprint density at radius 1 is 1.40 bits per heavy atom. The first-order valence-electron chi connectivity index (χ1n) is 3.38. The molecular formula is C8H9NS. The van der Waals surface area contributed by atoms with Gasteiger partial charge in [-0.25, -0.2) is 0 Å². The van der Waals surface area contributed by atoms with Gasteiger partial charge >= 0.3 is 0 Å². The Morgan fingerprint density at radius 2 is 2.30 bits per heavy atom. The van der Waals surface area contributed by atoms with Crippen LogP contribution in [0.2, 0.25) is 0 Å². The zero-order chi connectivity index (χ0) is 6.97. The predicted octanol–water partition coefficient (Wildman–Crippen LogP) is 1.47. The largest absolute Gasteiger partial charge is 0.384 e. The van der Waals surface area contributed by atoms with Crippen LogP contribution in [0.5, 0.6) is 0 Å². The smallest absolute Gasteiger partial charge is 0.0540 e. The highest BCUT2D eigenvalue weighted by molar-refractivity contribution is 7.84. The Morgan fingerprint density at radius 3 is 3.20 bits per heavy atom. The van der Waals surface area contributed by atoms with Gasteiger partial charge in [0.25, 0.3) is 0 Å². The van der Waals surface area contributed by atoms with Crippen molar-refractivity contribution >= 4 is 12.6 Å². The third-order valence-electron chi connectivity index (χ3n) is 1.86. The molecule has 0 spiro atoms. The van der Waals surface area contributed by atoms with Gasteiger partial charge in [0.15, 0.2) is 0 Å². The molecule has 1 aliphatic heterocycles. The van der Waals surface area contributed by atoms with Crippen molar-refractivity contribution in [1.82, 2.24) is 5.32 Å². The zero-order valence-electron chi connectivity index (χ0n) is 5.49. The molecule has 1 aliphatic carbocycles. The fraction of sp³-hybridized carbons (Fsp3) is 0.250. The first-order chi connectivity index (χ1) is 4.86. The minimum atomic E-state index is 0.482. The molecule has 0 fully saturated rings. The van der Waals surface area contributed by atoms with Crippen molar-refractivity contribution < 1.29 is 0 Å². The van der Waals surface area contributed by atoms with Gasteiger partial charge in [-0.05, 0) is 6.20 Å². The molecule has 0 radical (unpaired) electrons. The molecule has 52 valence electrons. The molecule has 2 aliphatic rings. The van der Waals surface area contributed by atoms with Crippen LogP contribution >= 0.6 is 12.6 Å². The normalized spacial score (nSPS) is 35.1. The molecule has 2 atom stereocenters. The fourth-order valence-corrected chi connectivity index (χ4v) is 1.56. The van der Waals surface area contributed by atoms with Crippen molar-refractivity contribution in [2.24, 2.45) is 5.92 Å². The minimum absolute atomic E-state index is 0.482. The third-order valence-corrected chi connectivity index (χ3v) is 2.16. The summed E-state index contributed by atoms with van der Waals surface area (Å²) in [6, 6.07) is 0.482. The van der Waals surface area contributed by atoms with Crippen molar-refractivity contribution in [3.05, 3.63) is 35.4 Å². The standard InChI is InChI=1S/C8H9NS/c10-7-1-2-8-6(5-7)3-4-9-8/h1-6,8-10H. The van der Waals surface area contributed by atoms with E-state index in [0.717, 1.165) is 4.91 Å². The summed E-state index contributed by atoms with van der Waals surface area (Å²) in [5.41, 5.74) is 0. The maximum Gasteiger partial charge on any atom is 0.0540 e. The number of fused-ring (bicyclic) bond motifs is 1. The summed E-state index contributed by atoms with van der Waals surface area (Å²) in [6.45, 7) is 0. The van der Waals surface area contributed by atoms with E-state index in [4.69, 9.17) is 0 Å². The molecule has 0 aromatic rings. The van der Waals surface area contributed by atoms with Gasteiger partial charge in [-0.3, -0.25) is 0 Å². The summed E-state index contributed by atoms with van der Waals surface area (Å²) in [6.07, 6.45) is 10.5. The van der Waals surface area contributed by atoms with Gasteiger partial charge < -0.3 is 5.32 Å². The van der Waals surface area contributed by atoms with E-state index in [0.29, 0.717) is 12.0 Å². The maximum absolute atomic E-state index is 4.26. The SMILES string of the molecule is SC1=CC2C=CNC2C=C1. The molecule has 1 heterocycles. The van der Waals surface area contributed by atoms with E-state index in [2.05, 4.69) is 36.2 Å². The molecular weight excluding hydrogens is 142 g/mol. The number of allylic oxidation sites excluding steroid dienone is 1. The first kappa shape index (κ1) is 6.10.